The van der Waals surface area contributed by atoms with E-state index in [0.29, 0.717) is 24.7 Å². The molecule has 0 radical (unpaired) electrons. The maximum Gasteiger partial charge on any atom is 0.328 e. The average Bonchev–Trinajstić information content (AvgIpc) is 2.87. The molecule has 21 heavy (non-hydrogen) atoms. The quantitative estimate of drug-likeness (QED) is 0.671. The molecule has 1 heterocycles. The molecule has 0 bridgehead atoms. The lowest BCUT2D eigenvalue weighted by Gasteiger charge is -2.21. The number of carbonyl (C=O) groups is 2. The van der Waals surface area contributed by atoms with Gasteiger partial charge in [-0.1, -0.05) is 13.8 Å². The fourth-order valence-electron chi connectivity index (χ4n) is 2.56. The predicted octanol–water partition coefficient (Wildman–Crippen LogP) is 1.86. The van der Waals surface area contributed by atoms with E-state index in [1.807, 2.05) is 27.7 Å². The van der Waals surface area contributed by atoms with Gasteiger partial charge in [0.05, 0.1) is 6.10 Å². The number of ether oxygens (including phenoxy) is 1. The Hall–Kier alpha value is -1.10. The average molecular weight is 298 g/mol. The van der Waals surface area contributed by atoms with Gasteiger partial charge in [0.1, 0.15) is 6.04 Å². The number of rotatable bonds is 8. The van der Waals surface area contributed by atoms with Gasteiger partial charge in [-0.25, -0.2) is 4.79 Å². The van der Waals surface area contributed by atoms with E-state index in [2.05, 4.69) is 10.6 Å². The van der Waals surface area contributed by atoms with Crippen molar-refractivity contribution < 1.29 is 14.3 Å². The summed E-state index contributed by atoms with van der Waals surface area (Å²) in [7, 11) is 0. The molecule has 1 unspecified atom stereocenters. The van der Waals surface area contributed by atoms with Crippen molar-refractivity contribution in [2.45, 2.75) is 65.5 Å². The van der Waals surface area contributed by atoms with Crippen LogP contribution in [0.5, 0.6) is 0 Å². The summed E-state index contributed by atoms with van der Waals surface area (Å²) >= 11 is 0. The lowest BCUT2D eigenvalue weighted by atomic mass is 10.0. The first-order valence-corrected chi connectivity index (χ1v) is 8.09. The Balaban J connectivity index is 2.42. The van der Waals surface area contributed by atoms with E-state index in [1.165, 1.54) is 0 Å². The van der Waals surface area contributed by atoms with Crippen molar-refractivity contribution in [1.29, 1.82) is 0 Å². The third-order valence-corrected chi connectivity index (χ3v) is 3.62. The summed E-state index contributed by atoms with van der Waals surface area (Å²) in [5, 5.41) is 6.14. The van der Waals surface area contributed by atoms with Crippen LogP contribution in [0.25, 0.3) is 0 Å². The lowest BCUT2D eigenvalue weighted by molar-refractivity contribution is -0.152. The van der Waals surface area contributed by atoms with Crippen molar-refractivity contribution in [2.75, 3.05) is 13.1 Å². The van der Waals surface area contributed by atoms with Crippen molar-refractivity contribution >= 4 is 11.9 Å². The molecule has 122 valence electrons. The molecule has 1 aliphatic heterocycles. The van der Waals surface area contributed by atoms with Crippen molar-refractivity contribution in [1.82, 2.24) is 10.6 Å². The Kier molecular flexibility index (Phi) is 7.72. The molecule has 5 nitrogen and oxygen atoms in total. The topological polar surface area (TPSA) is 67.4 Å². The molecule has 2 atom stereocenters. The molecule has 0 aromatic rings. The van der Waals surface area contributed by atoms with Gasteiger partial charge in [0, 0.05) is 6.42 Å². The van der Waals surface area contributed by atoms with Gasteiger partial charge in [-0.3, -0.25) is 4.79 Å². The Labute approximate surface area is 128 Å². The van der Waals surface area contributed by atoms with E-state index in [1.54, 1.807) is 0 Å². The van der Waals surface area contributed by atoms with Crippen LogP contribution in [0.3, 0.4) is 0 Å². The minimum absolute atomic E-state index is 0.0479. The van der Waals surface area contributed by atoms with Gasteiger partial charge in [-0.2, -0.15) is 0 Å². The highest BCUT2D eigenvalue weighted by Gasteiger charge is 2.24. The maximum absolute atomic E-state index is 12.0. The van der Waals surface area contributed by atoms with Gasteiger partial charge < -0.3 is 15.4 Å². The van der Waals surface area contributed by atoms with Crippen LogP contribution in [0.15, 0.2) is 0 Å². The first kappa shape index (κ1) is 18.0. The van der Waals surface area contributed by atoms with Crippen LogP contribution in [0.2, 0.25) is 0 Å². The van der Waals surface area contributed by atoms with Gasteiger partial charge in [0.2, 0.25) is 5.91 Å². The smallest absolute Gasteiger partial charge is 0.328 e. The Morgan fingerprint density at radius 3 is 2.52 bits per heavy atom. The second-order valence-electron chi connectivity index (χ2n) is 6.63. The normalized spacial score (nSPS) is 19.8. The van der Waals surface area contributed by atoms with Crippen molar-refractivity contribution in [3.8, 4) is 0 Å². The van der Waals surface area contributed by atoms with Gasteiger partial charge in [-0.15, -0.1) is 0 Å². The first-order valence-electron chi connectivity index (χ1n) is 8.09. The molecule has 1 amide bonds. The zero-order valence-corrected chi connectivity index (χ0v) is 13.8. The predicted molar refractivity (Wildman–Crippen MR) is 82.8 cm³/mol. The number of hydrogen-bond donors (Lipinski definition) is 2. The van der Waals surface area contributed by atoms with Crippen LogP contribution in [0.1, 0.15) is 53.4 Å². The lowest BCUT2D eigenvalue weighted by Crippen LogP contribution is -2.43. The minimum Gasteiger partial charge on any atom is -0.461 e. The molecule has 2 N–H and O–H groups in total. The van der Waals surface area contributed by atoms with Gasteiger partial charge in [0.25, 0.3) is 0 Å². The summed E-state index contributed by atoms with van der Waals surface area (Å²) < 4.78 is 5.23. The number of carbonyl (C=O) groups excluding carboxylic acids is 2. The van der Waals surface area contributed by atoms with E-state index in [4.69, 9.17) is 4.74 Å². The molecule has 0 aromatic heterocycles. The van der Waals surface area contributed by atoms with Crippen LogP contribution in [-0.4, -0.2) is 37.1 Å². The summed E-state index contributed by atoms with van der Waals surface area (Å²) in [5.74, 6) is 0.541. The second kappa shape index (κ2) is 9.03. The summed E-state index contributed by atoms with van der Waals surface area (Å²) in [6.45, 7) is 9.75. The van der Waals surface area contributed by atoms with Crippen molar-refractivity contribution in [3.05, 3.63) is 0 Å². The third kappa shape index (κ3) is 7.46. The summed E-state index contributed by atoms with van der Waals surface area (Å²) in [6.07, 6.45) is 2.96. The number of esters is 1. The van der Waals surface area contributed by atoms with Crippen LogP contribution < -0.4 is 10.6 Å². The minimum atomic E-state index is -0.526. The largest absolute Gasteiger partial charge is 0.461 e. The van der Waals surface area contributed by atoms with Crippen molar-refractivity contribution in [3.63, 3.8) is 0 Å². The second-order valence-corrected chi connectivity index (χ2v) is 6.63. The van der Waals surface area contributed by atoms with E-state index in [-0.39, 0.29) is 18.0 Å². The summed E-state index contributed by atoms with van der Waals surface area (Å²) in [6, 6.07) is -0.526. The monoisotopic (exact) mass is 298 g/mol. The van der Waals surface area contributed by atoms with E-state index < -0.39 is 6.04 Å². The zero-order valence-electron chi connectivity index (χ0n) is 13.8. The number of hydrogen-bond acceptors (Lipinski definition) is 4. The van der Waals surface area contributed by atoms with E-state index in [0.717, 1.165) is 25.9 Å². The highest BCUT2D eigenvalue weighted by molar-refractivity contribution is 5.84. The molecule has 0 aliphatic carbocycles. The standard InChI is InChI=1S/C16H30N2O3/c1-11(2)9-14(16(20)21-12(3)4)18-15(19)6-5-13-7-8-17-10-13/h11-14,17H,5-10H2,1-4H3,(H,18,19)/t13?,14-/m0/s1. The Morgan fingerprint density at radius 1 is 1.29 bits per heavy atom. The molecular formula is C16H30N2O3. The highest BCUT2D eigenvalue weighted by atomic mass is 16.5. The zero-order chi connectivity index (χ0) is 15.8. The van der Waals surface area contributed by atoms with E-state index >= 15 is 0 Å². The molecular weight excluding hydrogens is 268 g/mol. The molecule has 5 heteroatoms. The molecule has 0 aromatic carbocycles. The van der Waals surface area contributed by atoms with E-state index in [9.17, 15) is 9.59 Å². The fraction of sp³-hybridized carbons (Fsp3) is 0.875. The SMILES string of the molecule is CC(C)C[C@H](NC(=O)CCC1CCNC1)C(=O)OC(C)C. The number of amides is 1. The summed E-state index contributed by atoms with van der Waals surface area (Å²) in [4.78, 5) is 24.1. The molecule has 1 saturated heterocycles. The maximum atomic E-state index is 12.0. The van der Waals surface area contributed by atoms with Crippen LogP contribution in [0.4, 0.5) is 0 Å². The third-order valence-electron chi connectivity index (χ3n) is 3.62. The molecule has 1 rings (SSSR count). The number of nitrogens with one attached hydrogen (secondary N) is 2. The van der Waals surface area contributed by atoms with Crippen LogP contribution >= 0.6 is 0 Å². The van der Waals surface area contributed by atoms with Crippen LogP contribution in [-0.2, 0) is 14.3 Å². The molecule has 0 spiro atoms. The Morgan fingerprint density at radius 2 is 2.00 bits per heavy atom. The van der Waals surface area contributed by atoms with Gasteiger partial charge >= 0.3 is 5.97 Å². The summed E-state index contributed by atoms with van der Waals surface area (Å²) in [5.41, 5.74) is 0. The molecule has 1 fully saturated rings. The van der Waals surface area contributed by atoms with Crippen molar-refractivity contribution in [2.24, 2.45) is 11.8 Å². The molecule has 1 aliphatic rings. The van der Waals surface area contributed by atoms with Gasteiger partial charge in [-0.05, 0) is 58.0 Å². The van der Waals surface area contributed by atoms with Gasteiger partial charge in [0.15, 0.2) is 0 Å². The fourth-order valence-corrected chi connectivity index (χ4v) is 2.56. The Bertz CT molecular complexity index is 336. The first-order chi connectivity index (χ1) is 9.88. The van der Waals surface area contributed by atoms with Crippen LogP contribution in [0, 0.1) is 11.8 Å². The highest BCUT2D eigenvalue weighted by Crippen LogP contribution is 2.14. The molecule has 0 saturated carbocycles.